The van der Waals surface area contributed by atoms with Crippen LogP contribution in [0.4, 0.5) is 10.5 Å². The number of hydrogen-bond donors (Lipinski definition) is 0. The zero-order valence-electron chi connectivity index (χ0n) is 14.3. The number of benzene rings is 1. The van der Waals surface area contributed by atoms with Crippen molar-refractivity contribution >= 4 is 34.4 Å². The molecule has 24 heavy (non-hydrogen) atoms. The Morgan fingerprint density at radius 3 is 2.83 bits per heavy atom. The molecule has 7 heteroatoms. The molecule has 130 valence electrons. The quantitative estimate of drug-likeness (QED) is 0.785. The highest BCUT2D eigenvalue weighted by Crippen LogP contribution is 2.44. The third-order valence-corrected chi connectivity index (χ3v) is 4.48. The number of ether oxygens (including phenoxy) is 2. The third kappa shape index (κ3) is 2.91. The molecule has 0 aliphatic carbocycles. The van der Waals surface area contributed by atoms with E-state index in [1.54, 1.807) is 6.92 Å². The van der Waals surface area contributed by atoms with Gasteiger partial charge in [0.1, 0.15) is 0 Å². The lowest BCUT2D eigenvalue weighted by atomic mass is 10.0. The fourth-order valence-electron chi connectivity index (χ4n) is 3.01. The highest BCUT2D eigenvalue weighted by Gasteiger charge is 2.28. The van der Waals surface area contributed by atoms with E-state index >= 15 is 0 Å². The smallest absolute Gasteiger partial charge is 0.434 e. The van der Waals surface area contributed by atoms with Gasteiger partial charge in [0.05, 0.1) is 17.9 Å². The van der Waals surface area contributed by atoms with Gasteiger partial charge in [0.2, 0.25) is 0 Å². The van der Waals surface area contributed by atoms with Gasteiger partial charge in [0, 0.05) is 37.6 Å². The van der Waals surface area contributed by atoms with Crippen LogP contribution in [0.2, 0.25) is 5.02 Å². The first-order valence-corrected chi connectivity index (χ1v) is 8.27. The fraction of sp³-hybridized carbons (Fsp3) is 0.471. The molecule has 1 aromatic carbocycles. The van der Waals surface area contributed by atoms with E-state index in [4.69, 9.17) is 25.5 Å². The number of carbonyl (C=O) groups is 1. The van der Waals surface area contributed by atoms with Gasteiger partial charge >= 0.3 is 12.1 Å². The topological polar surface area (TPSA) is 55.2 Å². The van der Waals surface area contributed by atoms with E-state index in [1.165, 1.54) is 0 Å². The van der Waals surface area contributed by atoms with Crippen LogP contribution in [0, 0.1) is 0 Å². The maximum atomic E-state index is 11.8. The Labute approximate surface area is 145 Å². The molecule has 2 aromatic rings. The lowest BCUT2D eigenvalue weighted by Crippen LogP contribution is -2.19. The van der Waals surface area contributed by atoms with Crippen LogP contribution >= 0.6 is 11.6 Å². The molecule has 2 heterocycles. The molecule has 0 fully saturated rings. The summed E-state index contributed by atoms with van der Waals surface area (Å²) < 4.78 is 16.1. The Hall–Kier alpha value is -1.92. The third-order valence-electron chi connectivity index (χ3n) is 4.15. The average molecular weight is 353 g/mol. The van der Waals surface area contributed by atoms with Gasteiger partial charge in [0.15, 0.2) is 5.58 Å². The molecule has 0 atom stereocenters. The molecule has 1 aliphatic rings. The monoisotopic (exact) mass is 352 g/mol. The van der Waals surface area contributed by atoms with Crippen molar-refractivity contribution in [1.29, 1.82) is 0 Å². The second-order valence-electron chi connectivity index (χ2n) is 6.10. The van der Waals surface area contributed by atoms with Crippen molar-refractivity contribution in [3.05, 3.63) is 22.2 Å². The molecule has 1 aliphatic heterocycles. The van der Waals surface area contributed by atoms with Gasteiger partial charge in [-0.05, 0) is 32.0 Å². The van der Waals surface area contributed by atoms with Crippen LogP contribution < -0.4 is 9.64 Å². The molecular weight excluding hydrogens is 332 g/mol. The number of carbonyl (C=O) groups excluding carboxylic acids is 1. The molecule has 0 spiro atoms. The van der Waals surface area contributed by atoms with Crippen molar-refractivity contribution in [1.82, 2.24) is 4.90 Å². The maximum absolute atomic E-state index is 11.8. The average Bonchev–Trinajstić information content (AvgIpc) is 2.73. The first-order valence-electron chi connectivity index (χ1n) is 7.89. The predicted octanol–water partition coefficient (Wildman–Crippen LogP) is 3.68. The second-order valence-corrected chi connectivity index (χ2v) is 6.50. The minimum Gasteiger partial charge on any atom is -0.434 e. The highest BCUT2D eigenvalue weighted by molar-refractivity contribution is 6.33. The van der Waals surface area contributed by atoms with Crippen molar-refractivity contribution in [3.8, 4) is 5.95 Å². The van der Waals surface area contributed by atoms with Crippen LogP contribution in [-0.2, 0) is 17.7 Å². The number of nitrogens with zero attached hydrogens (tertiary/aromatic N) is 2. The molecule has 0 saturated heterocycles. The van der Waals surface area contributed by atoms with E-state index in [0.717, 1.165) is 35.2 Å². The van der Waals surface area contributed by atoms with Gasteiger partial charge in [-0.3, -0.25) is 0 Å². The zero-order valence-corrected chi connectivity index (χ0v) is 15.1. The molecule has 0 radical (unpaired) electrons. The maximum Gasteiger partial charge on any atom is 0.516 e. The minimum atomic E-state index is -0.765. The van der Waals surface area contributed by atoms with Crippen LogP contribution in [0.15, 0.2) is 10.5 Å². The standard InChI is InChI=1S/C17H21ClN2O4/c1-5-22-17(21)24-16-11-9-20(4)7-6-10-12(18)8-13(19(2)3)15(23-16)14(10)11/h8H,5-7,9H2,1-4H3. The summed E-state index contributed by atoms with van der Waals surface area (Å²) in [6.45, 7) is 3.45. The van der Waals surface area contributed by atoms with Crippen molar-refractivity contribution < 1.29 is 18.7 Å². The largest absolute Gasteiger partial charge is 0.516 e. The lowest BCUT2D eigenvalue weighted by Gasteiger charge is -2.16. The number of furan rings is 1. The van der Waals surface area contributed by atoms with E-state index < -0.39 is 6.16 Å². The first kappa shape index (κ1) is 16.9. The summed E-state index contributed by atoms with van der Waals surface area (Å²) in [6.07, 6.45) is 0.0454. The molecule has 0 bridgehead atoms. The SMILES string of the molecule is CCOC(=O)Oc1oc2c(N(C)C)cc(Cl)c3c2c1CN(C)CC3. The van der Waals surface area contributed by atoms with E-state index in [0.29, 0.717) is 17.2 Å². The zero-order chi connectivity index (χ0) is 17.4. The van der Waals surface area contributed by atoms with E-state index in [1.807, 2.05) is 32.1 Å². The van der Waals surface area contributed by atoms with Crippen LogP contribution in [0.5, 0.6) is 5.95 Å². The number of rotatable bonds is 3. The van der Waals surface area contributed by atoms with E-state index in [9.17, 15) is 4.79 Å². The Morgan fingerprint density at radius 1 is 1.42 bits per heavy atom. The van der Waals surface area contributed by atoms with E-state index in [-0.39, 0.29) is 12.6 Å². The number of halogens is 1. The summed E-state index contributed by atoms with van der Waals surface area (Å²) >= 11 is 6.52. The molecule has 1 aromatic heterocycles. The van der Waals surface area contributed by atoms with Crippen LogP contribution in [-0.4, -0.2) is 45.3 Å². The molecule has 6 nitrogen and oxygen atoms in total. The molecule has 0 saturated carbocycles. The summed E-state index contributed by atoms with van der Waals surface area (Å²) in [4.78, 5) is 15.8. The van der Waals surface area contributed by atoms with Crippen LogP contribution in [0.3, 0.4) is 0 Å². The summed E-state index contributed by atoms with van der Waals surface area (Å²) in [5, 5.41) is 1.64. The van der Waals surface area contributed by atoms with Gasteiger partial charge in [-0.2, -0.15) is 0 Å². The van der Waals surface area contributed by atoms with Gasteiger partial charge in [0.25, 0.3) is 0 Å². The Bertz CT molecular complexity index is 785. The predicted molar refractivity (Wildman–Crippen MR) is 93.2 cm³/mol. The summed E-state index contributed by atoms with van der Waals surface area (Å²) in [5.74, 6) is 0.184. The summed E-state index contributed by atoms with van der Waals surface area (Å²) in [6, 6.07) is 1.89. The van der Waals surface area contributed by atoms with Crippen LogP contribution in [0.25, 0.3) is 11.0 Å². The van der Waals surface area contributed by atoms with Gasteiger partial charge in [-0.1, -0.05) is 11.6 Å². The minimum absolute atomic E-state index is 0.184. The van der Waals surface area contributed by atoms with Crippen LogP contribution in [0.1, 0.15) is 18.1 Å². The molecule has 0 unspecified atom stereocenters. The van der Waals surface area contributed by atoms with Crippen molar-refractivity contribution in [3.63, 3.8) is 0 Å². The van der Waals surface area contributed by atoms with Gasteiger partial charge in [-0.25, -0.2) is 4.79 Å². The first-order chi connectivity index (χ1) is 11.4. The fourth-order valence-corrected chi connectivity index (χ4v) is 3.31. The highest BCUT2D eigenvalue weighted by atomic mass is 35.5. The number of anilines is 1. The Kier molecular flexibility index (Phi) is 4.60. The van der Waals surface area contributed by atoms with Gasteiger partial charge in [-0.15, -0.1) is 0 Å². The van der Waals surface area contributed by atoms with E-state index in [2.05, 4.69) is 4.90 Å². The summed E-state index contributed by atoms with van der Waals surface area (Å²) in [5.41, 5.74) is 3.39. The normalized spacial score (nSPS) is 14.5. The molecule has 3 rings (SSSR count). The molecular formula is C17H21ClN2O4. The molecule has 0 N–H and O–H groups in total. The van der Waals surface area contributed by atoms with Crippen molar-refractivity contribution in [2.24, 2.45) is 0 Å². The lowest BCUT2D eigenvalue weighted by molar-refractivity contribution is 0.0947. The van der Waals surface area contributed by atoms with Crippen molar-refractivity contribution in [2.45, 2.75) is 19.9 Å². The number of likely N-dealkylation sites (N-methyl/N-ethyl adjacent to an activating group) is 1. The molecule has 0 amide bonds. The Morgan fingerprint density at radius 2 is 2.17 bits per heavy atom. The second kappa shape index (κ2) is 6.53. The van der Waals surface area contributed by atoms with Gasteiger partial charge < -0.3 is 23.7 Å². The number of hydrogen-bond acceptors (Lipinski definition) is 6. The Balaban J connectivity index is 2.22. The summed E-state index contributed by atoms with van der Waals surface area (Å²) in [7, 11) is 5.86. The van der Waals surface area contributed by atoms with Crippen molar-refractivity contribution in [2.75, 3.05) is 39.2 Å².